The molecule has 94 valence electrons. The molecule has 1 amide bonds. The van der Waals surface area contributed by atoms with Gasteiger partial charge in [-0.15, -0.1) is 0 Å². The molecule has 0 heterocycles. The summed E-state index contributed by atoms with van der Waals surface area (Å²) in [6, 6.07) is 6.40. The number of nitrogens with zero attached hydrogens (tertiary/aromatic N) is 1. The molecule has 4 heteroatoms. The summed E-state index contributed by atoms with van der Waals surface area (Å²) < 4.78 is 12.9. The first-order valence-corrected chi connectivity index (χ1v) is 5.68. The van der Waals surface area contributed by atoms with Gasteiger partial charge >= 0.3 is 0 Å². The van der Waals surface area contributed by atoms with E-state index < -0.39 is 0 Å². The summed E-state index contributed by atoms with van der Waals surface area (Å²) in [4.78, 5) is 12.3. The molecule has 0 saturated carbocycles. The summed E-state index contributed by atoms with van der Waals surface area (Å²) in [5.41, 5.74) is 0.654. The lowest BCUT2D eigenvalue weighted by Crippen LogP contribution is -2.48. The number of amides is 1. The van der Waals surface area contributed by atoms with Crippen LogP contribution in [0.15, 0.2) is 24.3 Å². The van der Waals surface area contributed by atoms with Crippen LogP contribution in [0.25, 0.3) is 0 Å². The van der Waals surface area contributed by atoms with Gasteiger partial charge < -0.3 is 10.2 Å². The Kier molecular flexibility index (Phi) is 4.63. The monoisotopic (exact) mass is 238 g/mol. The summed E-state index contributed by atoms with van der Waals surface area (Å²) in [6.07, 6.45) is 1.61. The van der Waals surface area contributed by atoms with E-state index in [2.05, 4.69) is 5.32 Å². The van der Waals surface area contributed by atoms with Crippen molar-refractivity contribution >= 4 is 6.41 Å². The molecule has 1 atom stereocenters. The van der Waals surface area contributed by atoms with Gasteiger partial charge in [0, 0.05) is 13.6 Å². The fourth-order valence-electron chi connectivity index (χ4n) is 2.04. The molecule has 1 N–H and O–H groups in total. The molecule has 0 radical (unpaired) electrons. The Morgan fingerprint density at radius 3 is 2.41 bits per heavy atom. The van der Waals surface area contributed by atoms with Gasteiger partial charge in [0.2, 0.25) is 6.41 Å². The molecule has 0 aromatic heterocycles. The SMILES string of the molecule is CC[C@@](CN(C)C=O)(NC)c1ccc(F)cc1. The summed E-state index contributed by atoms with van der Waals surface area (Å²) in [5, 5.41) is 3.24. The van der Waals surface area contributed by atoms with E-state index in [0.717, 1.165) is 18.4 Å². The molecule has 0 bridgehead atoms. The van der Waals surface area contributed by atoms with Crippen LogP contribution < -0.4 is 5.32 Å². The van der Waals surface area contributed by atoms with Gasteiger partial charge in [0.05, 0.1) is 5.54 Å². The third-order valence-corrected chi connectivity index (χ3v) is 3.18. The Hall–Kier alpha value is -1.42. The van der Waals surface area contributed by atoms with Gasteiger partial charge in [0.15, 0.2) is 0 Å². The van der Waals surface area contributed by atoms with E-state index in [4.69, 9.17) is 0 Å². The number of carbonyl (C=O) groups excluding carboxylic acids is 1. The smallest absolute Gasteiger partial charge is 0.209 e. The van der Waals surface area contributed by atoms with E-state index in [1.165, 1.54) is 12.1 Å². The first-order chi connectivity index (χ1) is 8.07. The Morgan fingerprint density at radius 1 is 1.41 bits per heavy atom. The number of hydrogen-bond acceptors (Lipinski definition) is 2. The largest absolute Gasteiger partial charge is 0.346 e. The molecule has 0 unspecified atom stereocenters. The van der Waals surface area contributed by atoms with Crippen LogP contribution in [0.4, 0.5) is 4.39 Å². The molecule has 1 aromatic carbocycles. The maximum atomic E-state index is 12.9. The van der Waals surface area contributed by atoms with Crippen molar-refractivity contribution in [3.05, 3.63) is 35.6 Å². The predicted molar refractivity (Wildman–Crippen MR) is 66.1 cm³/mol. The van der Waals surface area contributed by atoms with Gasteiger partial charge in [0.1, 0.15) is 5.82 Å². The molecule has 0 aliphatic carbocycles. The number of hydrogen-bond donors (Lipinski definition) is 1. The van der Waals surface area contributed by atoms with E-state index in [1.54, 1.807) is 24.1 Å². The van der Waals surface area contributed by atoms with Crippen LogP contribution in [0.1, 0.15) is 18.9 Å². The molecule has 0 aliphatic rings. The Labute approximate surface area is 102 Å². The van der Waals surface area contributed by atoms with Crippen molar-refractivity contribution in [3.8, 4) is 0 Å². The van der Waals surface area contributed by atoms with Crippen LogP contribution in [-0.2, 0) is 10.3 Å². The van der Waals surface area contributed by atoms with E-state index in [1.807, 2.05) is 14.0 Å². The first-order valence-electron chi connectivity index (χ1n) is 5.68. The van der Waals surface area contributed by atoms with Crippen LogP contribution in [0.2, 0.25) is 0 Å². The van der Waals surface area contributed by atoms with Crippen molar-refractivity contribution in [2.75, 3.05) is 20.6 Å². The summed E-state index contributed by atoms with van der Waals surface area (Å²) in [6.45, 7) is 2.59. The average molecular weight is 238 g/mol. The maximum Gasteiger partial charge on any atom is 0.209 e. The molecular formula is C13H19FN2O. The van der Waals surface area contributed by atoms with Gasteiger partial charge in [0.25, 0.3) is 0 Å². The fourth-order valence-corrected chi connectivity index (χ4v) is 2.04. The Morgan fingerprint density at radius 2 is 2.00 bits per heavy atom. The maximum absolute atomic E-state index is 12.9. The molecule has 1 rings (SSSR count). The molecular weight excluding hydrogens is 219 g/mol. The zero-order valence-corrected chi connectivity index (χ0v) is 10.5. The van der Waals surface area contributed by atoms with Gasteiger partial charge in [-0.1, -0.05) is 19.1 Å². The number of carbonyl (C=O) groups is 1. The highest BCUT2D eigenvalue weighted by Gasteiger charge is 2.29. The highest BCUT2D eigenvalue weighted by atomic mass is 19.1. The zero-order valence-electron chi connectivity index (χ0n) is 10.5. The summed E-state index contributed by atoms with van der Waals surface area (Å²) in [7, 11) is 3.59. The predicted octanol–water partition coefficient (Wildman–Crippen LogP) is 1.74. The minimum Gasteiger partial charge on any atom is -0.346 e. The highest BCUT2D eigenvalue weighted by molar-refractivity contribution is 5.47. The number of nitrogens with one attached hydrogen (secondary N) is 1. The number of likely N-dealkylation sites (N-methyl/N-ethyl adjacent to an activating group) is 2. The van der Waals surface area contributed by atoms with E-state index in [9.17, 15) is 9.18 Å². The normalized spacial score (nSPS) is 14.1. The quantitative estimate of drug-likeness (QED) is 0.766. The van der Waals surface area contributed by atoms with Crippen molar-refractivity contribution in [2.24, 2.45) is 0 Å². The first kappa shape index (κ1) is 13.6. The van der Waals surface area contributed by atoms with Crippen molar-refractivity contribution in [1.29, 1.82) is 0 Å². The molecule has 0 aliphatic heterocycles. The molecule has 0 fully saturated rings. The Bertz CT molecular complexity index is 360. The lowest BCUT2D eigenvalue weighted by atomic mass is 9.87. The lowest BCUT2D eigenvalue weighted by Gasteiger charge is -2.35. The van der Waals surface area contributed by atoms with Crippen LogP contribution in [-0.4, -0.2) is 32.0 Å². The second-order valence-corrected chi connectivity index (χ2v) is 4.21. The summed E-state index contributed by atoms with van der Waals surface area (Å²) in [5.74, 6) is -0.251. The molecule has 0 saturated heterocycles. The molecule has 0 spiro atoms. The average Bonchev–Trinajstić information content (AvgIpc) is 2.37. The van der Waals surface area contributed by atoms with Crippen molar-refractivity contribution in [3.63, 3.8) is 0 Å². The minimum absolute atomic E-state index is 0.251. The van der Waals surface area contributed by atoms with Crippen LogP contribution in [0, 0.1) is 5.82 Å². The molecule has 17 heavy (non-hydrogen) atoms. The van der Waals surface area contributed by atoms with Crippen LogP contribution >= 0.6 is 0 Å². The van der Waals surface area contributed by atoms with E-state index in [0.29, 0.717) is 6.54 Å². The topological polar surface area (TPSA) is 32.3 Å². The van der Waals surface area contributed by atoms with Gasteiger partial charge in [-0.25, -0.2) is 4.39 Å². The second kappa shape index (κ2) is 5.77. The van der Waals surface area contributed by atoms with Crippen LogP contribution in [0.5, 0.6) is 0 Å². The zero-order chi connectivity index (χ0) is 12.9. The third kappa shape index (κ3) is 3.03. The summed E-state index contributed by atoms with van der Waals surface area (Å²) >= 11 is 0. The molecule has 3 nitrogen and oxygen atoms in total. The van der Waals surface area contributed by atoms with Crippen molar-refractivity contribution in [1.82, 2.24) is 10.2 Å². The van der Waals surface area contributed by atoms with Gasteiger partial charge in [-0.2, -0.15) is 0 Å². The van der Waals surface area contributed by atoms with E-state index in [-0.39, 0.29) is 11.4 Å². The number of benzene rings is 1. The number of halogens is 1. The van der Waals surface area contributed by atoms with E-state index >= 15 is 0 Å². The molecule has 1 aromatic rings. The fraction of sp³-hybridized carbons (Fsp3) is 0.462. The third-order valence-electron chi connectivity index (χ3n) is 3.18. The lowest BCUT2D eigenvalue weighted by molar-refractivity contribution is -0.117. The van der Waals surface area contributed by atoms with Crippen molar-refractivity contribution in [2.45, 2.75) is 18.9 Å². The minimum atomic E-state index is -0.330. The highest BCUT2D eigenvalue weighted by Crippen LogP contribution is 2.25. The van der Waals surface area contributed by atoms with Crippen molar-refractivity contribution < 1.29 is 9.18 Å². The van der Waals surface area contributed by atoms with Crippen LogP contribution in [0.3, 0.4) is 0 Å². The standard InChI is InChI=1S/C13H19FN2O/c1-4-13(15-2,9-16(3)10-17)11-5-7-12(14)8-6-11/h5-8,10,15H,4,9H2,1-3H3/t13-/m0/s1. The second-order valence-electron chi connectivity index (χ2n) is 4.21. The number of rotatable bonds is 6. The Balaban J connectivity index is 3.05. The van der Waals surface area contributed by atoms with Gasteiger partial charge in [-0.3, -0.25) is 4.79 Å². The van der Waals surface area contributed by atoms with Gasteiger partial charge in [-0.05, 0) is 31.2 Å².